The second-order valence-electron chi connectivity index (χ2n) is 5.29. The van der Waals surface area contributed by atoms with Gasteiger partial charge in [0.05, 0.1) is 6.54 Å². The number of anilines is 1. The van der Waals surface area contributed by atoms with E-state index in [4.69, 9.17) is 5.73 Å². The van der Waals surface area contributed by atoms with Gasteiger partial charge in [-0.3, -0.25) is 4.68 Å². The molecule has 114 valence electrons. The minimum Gasteiger partial charge on any atom is -0.381 e. The molecule has 2 N–H and O–H groups in total. The Kier molecular flexibility index (Phi) is 3.25. The van der Waals surface area contributed by atoms with Crippen LogP contribution in [0.4, 0.5) is 5.82 Å². The molecule has 0 bridgehead atoms. The number of rotatable bonds is 5. The first-order chi connectivity index (χ1) is 9.89. The molecule has 8 nitrogen and oxygen atoms in total. The van der Waals surface area contributed by atoms with E-state index in [2.05, 4.69) is 10.1 Å². The van der Waals surface area contributed by atoms with E-state index in [1.807, 2.05) is 11.6 Å². The number of aryl methyl sites for hydroxylation is 2. The average Bonchev–Trinajstić information content (AvgIpc) is 3.07. The maximum absolute atomic E-state index is 12.8. The molecule has 0 atom stereocenters. The van der Waals surface area contributed by atoms with Crippen molar-refractivity contribution in [2.75, 3.05) is 5.73 Å². The van der Waals surface area contributed by atoms with Crippen molar-refractivity contribution in [1.29, 1.82) is 0 Å². The molecule has 0 amide bonds. The summed E-state index contributed by atoms with van der Waals surface area (Å²) in [5, 5.41) is 3.92. The predicted molar refractivity (Wildman–Crippen MR) is 76.6 cm³/mol. The van der Waals surface area contributed by atoms with E-state index in [0.717, 1.165) is 12.8 Å². The summed E-state index contributed by atoms with van der Waals surface area (Å²) in [4.78, 5) is 4.27. The fraction of sp³-hybridized carbons (Fsp3) is 0.500. The lowest BCUT2D eigenvalue weighted by molar-refractivity contribution is 0.385. The standard InChI is InChI=1S/C12H18N6O2S/c1-16-6-5-14-11(16)8-18(9-3-4-9)21(19,20)10-7-17(2)15-12(10)13/h5-7,9H,3-4,8H2,1-2H3,(H2,13,15). The lowest BCUT2D eigenvalue weighted by Gasteiger charge is -2.21. The van der Waals surface area contributed by atoms with Gasteiger partial charge in [-0.25, -0.2) is 13.4 Å². The van der Waals surface area contributed by atoms with Gasteiger partial charge in [-0.1, -0.05) is 0 Å². The van der Waals surface area contributed by atoms with Crippen molar-refractivity contribution < 1.29 is 8.42 Å². The highest BCUT2D eigenvalue weighted by molar-refractivity contribution is 7.89. The molecule has 0 aromatic carbocycles. The van der Waals surface area contributed by atoms with Crippen molar-refractivity contribution >= 4 is 15.8 Å². The van der Waals surface area contributed by atoms with Gasteiger partial charge in [-0.2, -0.15) is 9.40 Å². The molecule has 0 unspecified atom stereocenters. The number of imidazole rings is 1. The van der Waals surface area contributed by atoms with E-state index in [1.54, 1.807) is 19.4 Å². The first-order valence-electron chi connectivity index (χ1n) is 6.67. The van der Waals surface area contributed by atoms with Crippen LogP contribution in [-0.4, -0.2) is 38.1 Å². The molecule has 0 radical (unpaired) electrons. The lowest BCUT2D eigenvalue weighted by Crippen LogP contribution is -2.33. The van der Waals surface area contributed by atoms with Crippen LogP contribution in [-0.2, 0) is 30.7 Å². The number of hydrogen-bond donors (Lipinski definition) is 1. The maximum atomic E-state index is 12.8. The summed E-state index contributed by atoms with van der Waals surface area (Å²) in [6.45, 7) is 0.241. The average molecular weight is 310 g/mol. The van der Waals surface area contributed by atoms with Crippen LogP contribution < -0.4 is 5.73 Å². The Labute approximate surface area is 123 Å². The normalized spacial score (nSPS) is 15.8. The zero-order valence-electron chi connectivity index (χ0n) is 12.0. The second kappa shape index (κ2) is 4.85. The number of nitrogens with zero attached hydrogens (tertiary/aromatic N) is 5. The first-order valence-corrected chi connectivity index (χ1v) is 8.11. The van der Waals surface area contributed by atoms with Crippen molar-refractivity contribution in [2.24, 2.45) is 14.1 Å². The van der Waals surface area contributed by atoms with Crippen molar-refractivity contribution in [3.8, 4) is 0 Å². The molecule has 21 heavy (non-hydrogen) atoms. The third-order valence-corrected chi connectivity index (χ3v) is 5.50. The summed E-state index contributed by atoms with van der Waals surface area (Å²) in [7, 11) is -0.175. The molecular weight excluding hydrogens is 292 g/mol. The molecule has 2 heterocycles. The van der Waals surface area contributed by atoms with Crippen LogP contribution in [0.3, 0.4) is 0 Å². The largest absolute Gasteiger partial charge is 0.381 e. The minimum absolute atomic E-state index is 0.0197. The number of nitrogens with two attached hydrogens (primary N) is 1. The van der Waals surface area contributed by atoms with E-state index >= 15 is 0 Å². The summed E-state index contributed by atoms with van der Waals surface area (Å²) in [5.41, 5.74) is 5.73. The Morgan fingerprint density at radius 3 is 2.62 bits per heavy atom. The van der Waals surface area contributed by atoms with E-state index < -0.39 is 10.0 Å². The molecule has 0 aliphatic heterocycles. The number of nitrogen functional groups attached to an aromatic ring is 1. The topological polar surface area (TPSA) is 99.0 Å². The summed E-state index contributed by atoms with van der Waals surface area (Å²) < 4.78 is 30.4. The number of hydrogen-bond acceptors (Lipinski definition) is 5. The Balaban J connectivity index is 1.97. The van der Waals surface area contributed by atoms with Crippen molar-refractivity contribution in [3.63, 3.8) is 0 Å². The van der Waals surface area contributed by atoms with Crippen molar-refractivity contribution in [3.05, 3.63) is 24.4 Å². The van der Waals surface area contributed by atoms with Crippen LogP contribution in [0, 0.1) is 0 Å². The third-order valence-electron chi connectivity index (χ3n) is 3.58. The monoisotopic (exact) mass is 310 g/mol. The highest BCUT2D eigenvalue weighted by Crippen LogP contribution is 2.34. The summed E-state index contributed by atoms with van der Waals surface area (Å²) in [6.07, 6.45) is 6.63. The van der Waals surface area contributed by atoms with E-state index in [1.165, 1.54) is 15.2 Å². The molecule has 9 heteroatoms. The van der Waals surface area contributed by atoms with Gasteiger partial charge in [-0.05, 0) is 12.8 Å². The Morgan fingerprint density at radius 1 is 1.43 bits per heavy atom. The van der Waals surface area contributed by atoms with Gasteiger partial charge in [-0.15, -0.1) is 0 Å². The highest BCUT2D eigenvalue weighted by Gasteiger charge is 2.40. The Morgan fingerprint density at radius 2 is 2.14 bits per heavy atom. The van der Waals surface area contributed by atoms with Gasteiger partial charge in [0.1, 0.15) is 10.7 Å². The first kappa shape index (κ1) is 14.1. The van der Waals surface area contributed by atoms with Gasteiger partial charge in [0.15, 0.2) is 5.82 Å². The van der Waals surface area contributed by atoms with Gasteiger partial charge in [0.25, 0.3) is 0 Å². The quantitative estimate of drug-likeness (QED) is 0.843. The summed E-state index contributed by atoms with van der Waals surface area (Å²) >= 11 is 0. The van der Waals surface area contributed by atoms with Crippen molar-refractivity contribution in [2.45, 2.75) is 30.3 Å². The van der Waals surface area contributed by atoms with Gasteiger partial charge in [0.2, 0.25) is 10.0 Å². The Hall–Kier alpha value is -1.87. The highest BCUT2D eigenvalue weighted by atomic mass is 32.2. The fourth-order valence-electron chi connectivity index (χ4n) is 2.27. The smallest absolute Gasteiger partial charge is 0.249 e. The molecule has 1 aliphatic carbocycles. The number of sulfonamides is 1. The summed E-state index contributed by atoms with van der Waals surface area (Å²) in [6, 6.07) is 0.0197. The Bertz CT molecular complexity index is 759. The van der Waals surface area contributed by atoms with Crippen LogP contribution in [0.25, 0.3) is 0 Å². The van der Waals surface area contributed by atoms with Crippen LogP contribution >= 0.6 is 0 Å². The van der Waals surface area contributed by atoms with Crippen LogP contribution in [0.5, 0.6) is 0 Å². The van der Waals surface area contributed by atoms with Gasteiger partial charge in [0, 0.05) is 38.7 Å². The fourth-order valence-corrected chi connectivity index (χ4v) is 4.00. The van der Waals surface area contributed by atoms with E-state index in [9.17, 15) is 8.42 Å². The van der Waals surface area contributed by atoms with Gasteiger partial charge < -0.3 is 10.3 Å². The SMILES string of the molecule is Cn1cc(S(=O)(=O)N(Cc2nccn2C)C2CC2)c(N)n1. The molecular formula is C12H18N6O2S. The molecule has 0 spiro atoms. The van der Waals surface area contributed by atoms with E-state index in [0.29, 0.717) is 5.82 Å². The van der Waals surface area contributed by atoms with Gasteiger partial charge >= 0.3 is 0 Å². The lowest BCUT2D eigenvalue weighted by atomic mass is 10.5. The molecule has 3 rings (SSSR count). The maximum Gasteiger partial charge on any atom is 0.249 e. The number of aromatic nitrogens is 4. The molecule has 1 saturated carbocycles. The molecule has 2 aromatic rings. The predicted octanol–water partition coefficient (Wildman–Crippen LogP) is 0.0891. The van der Waals surface area contributed by atoms with Crippen LogP contribution in [0.1, 0.15) is 18.7 Å². The van der Waals surface area contributed by atoms with Crippen LogP contribution in [0.2, 0.25) is 0 Å². The third kappa shape index (κ3) is 2.54. The molecule has 1 aliphatic rings. The van der Waals surface area contributed by atoms with Crippen LogP contribution in [0.15, 0.2) is 23.5 Å². The molecule has 2 aromatic heterocycles. The second-order valence-corrected chi connectivity index (χ2v) is 7.15. The van der Waals surface area contributed by atoms with E-state index in [-0.39, 0.29) is 23.3 Å². The minimum atomic E-state index is -3.67. The summed E-state index contributed by atoms with van der Waals surface area (Å²) in [5.74, 6) is 0.732. The zero-order chi connectivity index (χ0) is 15.2. The molecule has 0 saturated heterocycles. The molecule has 1 fully saturated rings. The zero-order valence-corrected chi connectivity index (χ0v) is 12.8. The van der Waals surface area contributed by atoms with Crippen molar-refractivity contribution in [1.82, 2.24) is 23.6 Å².